The van der Waals surface area contributed by atoms with Crippen molar-refractivity contribution in [2.24, 2.45) is 0 Å². The molecule has 2 rings (SSSR count). The van der Waals surface area contributed by atoms with Gasteiger partial charge in [-0.1, -0.05) is 37.3 Å². The van der Waals surface area contributed by atoms with Gasteiger partial charge in [-0.05, 0) is 30.5 Å². The van der Waals surface area contributed by atoms with Crippen LogP contribution in [-0.4, -0.2) is 24.0 Å². The summed E-state index contributed by atoms with van der Waals surface area (Å²) in [6, 6.07) is 9.53. The van der Waals surface area contributed by atoms with E-state index in [-0.39, 0.29) is 0 Å². The number of nitrogens with one attached hydrogen (secondary N) is 1. The van der Waals surface area contributed by atoms with Crippen LogP contribution in [0.1, 0.15) is 30.9 Å². The molecule has 98 valence electrons. The van der Waals surface area contributed by atoms with Crippen LogP contribution in [0.3, 0.4) is 0 Å². The van der Waals surface area contributed by atoms with Gasteiger partial charge in [0, 0.05) is 25.7 Å². The summed E-state index contributed by atoms with van der Waals surface area (Å²) < 4.78 is 0. The predicted octanol–water partition coefficient (Wildman–Crippen LogP) is 2.95. The molecule has 1 aliphatic rings. The molecule has 0 bridgehead atoms. The van der Waals surface area contributed by atoms with E-state index in [9.17, 15) is 0 Å². The fraction of sp³-hybridized carbons (Fsp3) is 0.500. The molecule has 0 aromatic heterocycles. The van der Waals surface area contributed by atoms with E-state index < -0.39 is 0 Å². The van der Waals surface area contributed by atoms with E-state index in [1.54, 1.807) is 0 Å². The lowest BCUT2D eigenvalue weighted by Crippen LogP contribution is -2.24. The number of rotatable bonds is 8. The number of benzene rings is 1. The Morgan fingerprint density at radius 1 is 1.33 bits per heavy atom. The maximum absolute atomic E-state index is 3.83. The number of hydrogen-bond donors (Lipinski definition) is 1. The van der Waals surface area contributed by atoms with E-state index in [0.717, 1.165) is 32.2 Å². The van der Waals surface area contributed by atoms with Crippen molar-refractivity contribution in [2.45, 2.75) is 38.9 Å². The Morgan fingerprint density at radius 3 is 2.67 bits per heavy atom. The third-order valence-corrected chi connectivity index (χ3v) is 3.51. The first-order valence-corrected chi connectivity index (χ1v) is 6.97. The van der Waals surface area contributed by atoms with Gasteiger partial charge < -0.3 is 5.32 Å². The lowest BCUT2D eigenvalue weighted by molar-refractivity contribution is 0.310. The lowest BCUT2D eigenvalue weighted by atomic mass is 10.1. The highest BCUT2D eigenvalue weighted by atomic mass is 15.1. The van der Waals surface area contributed by atoms with Crippen LogP contribution in [0.4, 0.5) is 0 Å². The maximum Gasteiger partial charge on any atom is 0.0240 e. The average molecular weight is 244 g/mol. The summed E-state index contributed by atoms with van der Waals surface area (Å²) in [5.41, 5.74) is 2.88. The summed E-state index contributed by atoms with van der Waals surface area (Å²) in [6.07, 6.45) is 4.67. The molecule has 0 atom stereocenters. The van der Waals surface area contributed by atoms with Gasteiger partial charge in [-0.2, -0.15) is 0 Å². The zero-order valence-electron chi connectivity index (χ0n) is 11.4. The van der Waals surface area contributed by atoms with Gasteiger partial charge in [-0.15, -0.1) is 6.58 Å². The van der Waals surface area contributed by atoms with Crippen molar-refractivity contribution >= 4 is 0 Å². The molecule has 0 aliphatic heterocycles. The van der Waals surface area contributed by atoms with Crippen LogP contribution in [0.5, 0.6) is 0 Å². The normalized spacial score (nSPS) is 15.0. The Morgan fingerprint density at radius 2 is 2.06 bits per heavy atom. The quantitative estimate of drug-likeness (QED) is 0.707. The zero-order valence-corrected chi connectivity index (χ0v) is 11.4. The second kappa shape index (κ2) is 6.72. The maximum atomic E-state index is 3.83. The molecule has 1 fully saturated rings. The van der Waals surface area contributed by atoms with Crippen molar-refractivity contribution in [3.05, 3.63) is 48.0 Å². The van der Waals surface area contributed by atoms with Crippen molar-refractivity contribution in [3.63, 3.8) is 0 Å². The smallest absolute Gasteiger partial charge is 0.0240 e. The van der Waals surface area contributed by atoms with Crippen molar-refractivity contribution in [2.75, 3.05) is 13.1 Å². The van der Waals surface area contributed by atoms with E-state index in [4.69, 9.17) is 0 Å². The first-order chi connectivity index (χ1) is 8.83. The van der Waals surface area contributed by atoms with Crippen LogP contribution < -0.4 is 5.32 Å². The Hall–Kier alpha value is -1.12. The number of nitrogens with zero attached hydrogens (tertiary/aromatic N) is 1. The fourth-order valence-corrected chi connectivity index (χ4v) is 2.15. The molecule has 0 radical (unpaired) electrons. The van der Waals surface area contributed by atoms with Crippen LogP contribution in [0.25, 0.3) is 0 Å². The molecular formula is C16H24N2. The molecule has 2 nitrogen and oxygen atoms in total. The van der Waals surface area contributed by atoms with Gasteiger partial charge in [0.1, 0.15) is 0 Å². The Bertz CT molecular complexity index is 382. The predicted molar refractivity (Wildman–Crippen MR) is 77.5 cm³/mol. The summed E-state index contributed by atoms with van der Waals surface area (Å²) in [6.45, 7) is 10.1. The third kappa shape index (κ3) is 3.97. The van der Waals surface area contributed by atoms with Crippen LogP contribution in [-0.2, 0) is 13.1 Å². The van der Waals surface area contributed by atoms with Crippen LogP contribution in [0.2, 0.25) is 0 Å². The van der Waals surface area contributed by atoms with Gasteiger partial charge in [0.05, 0.1) is 0 Å². The Balaban J connectivity index is 1.98. The van der Waals surface area contributed by atoms with Crippen molar-refractivity contribution in [1.29, 1.82) is 0 Å². The zero-order chi connectivity index (χ0) is 12.8. The van der Waals surface area contributed by atoms with Crippen molar-refractivity contribution < 1.29 is 0 Å². The second-order valence-electron chi connectivity index (χ2n) is 5.04. The largest absolute Gasteiger partial charge is 0.310 e. The monoisotopic (exact) mass is 244 g/mol. The molecule has 1 aromatic carbocycles. The molecule has 0 saturated heterocycles. The van der Waals surface area contributed by atoms with E-state index in [2.05, 4.69) is 48.0 Å². The third-order valence-electron chi connectivity index (χ3n) is 3.51. The summed E-state index contributed by atoms with van der Waals surface area (Å²) in [7, 11) is 0. The summed E-state index contributed by atoms with van der Waals surface area (Å²) in [5.74, 6) is 0. The molecule has 0 spiro atoms. The van der Waals surface area contributed by atoms with Gasteiger partial charge in [-0.3, -0.25) is 4.90 Å². The molecule has 1 aromatic rings. The Kier molecular flexibility index (Phi) is 4.97. The molecule has 1 N–H and O–H groups in total. The molecule has 1 aliphatic carbocycles. The highest BCUT2D eigenvalue weighted by molar-refractivity contribution is 5.27. The van der Waals surface area contributed by atoms with E-state index in [0.29, 0.717) is 0 Å². The van der Waals surface area contributed by atoms with Gasteiger partial charge in [-0.25, -0.2) is 0 Å². The highest BCUT2D eigenvalue weighted by Gasteiger charge is 2.20. The van der Waals surface area contributed by atoms with Crippen molar-refractivity contribution in [3.8, 4) is 0 Å². The molecule has 1 saturated carbocycles. The Labute approximate surface area is 111 Å². The lowest BCUT2D eigenvalue weighted by Gasteiger charge is -2.20. The van der Waals surface area contributed by atoms with Gasteiger partial charge >= 0.3 is 0 Å². The van der Waals surface area contributed by atoms with E-state index in [1.165, 1.54) is 24.0 Å². The van der Waals surface area contributed by atoms with E-state index >= 15 is 0 Å². The SMILES string of the molecule is C=CCN(CC)Cc1ccccc1CNC1CC1. The minimum Gasteiger partial charge on any atom is -0.310 e. The summed E-state index contributed by atoms with van der Waals surface area (Å²) in [5, 5.41) is 3.60. The summed E-state index contributed by atoms with van der Waals surface area (Å²) >= 11 is 0. The second-order valence-corrected chi connectivity index (χ2v) is 5.04. The van der Waals surface area contributed by atoms with Gasteiger partial charge in [0.25, 0.3) is 0 Å². The highest BCUT2D eigenvalue weighted by Crippen LogP contribution is 2.20. The van der Waals surface area contributed by atoms with Crippen LogP contribution >= 0.6 is 0 Å². The molecule has 0 unspecified atom stereocenters. The summed E-state index contributed by atoms with van der Waals surface area (Å²) in [4.78, 5) is 2.41. The van der Waals surface area contributed by atoms with Crippen molar-refractivity contribution in [1.82, 2.24) is 10.2 Å². The minimum atomic E-state index is 0.772. The number of hydrogen-bond acceptors (Lipinski definition) is 2. The first kappa shape index (κ1) is 13.3. The fourth-order valence-electron chi connectivity index (χ4n) is 2.15. The molecule has 18 heavy (non-hydrogen) atoms. The van der Waals surface area contributed by atoms with Gasteiger partial charge in [0.2, 0.25) is 0 Å². The number of likely N-dealkylation sites (N-methyl/N-ethyl adjacent to an activating group) is 1. The molecule has 0 heterocycles. The molecule has 2 heteroatoms. The van der Waals surface area contributed by atoms with Crippen LogP contribution in [0, 0.1) is 0 Å². The molecular weight excluding hydrogens is 220 g/mol. The molecule has 0 amide bonds. The average Bonchev–Trinajstić information content (AvgIpc) is 3.21. The van der Waals surface area contributed by atoms with Crippen LogP contribution in [0.15, 0.2) is 36.9 Å². The first-order valence-electron chi connectivity index (χ1n) is 6.97. The van der Waals surface area contributed by atoms with Gasteiger partial charge in [0.15, 0.2) is 0 Å². The topological polar surface area (TPSA) is 15.3 Å². The van der Waals surface area contributed by atoms with E-state index in [1.807, 2.05) is 6.08 Å². The standard InChI is InChI=1S/C16H24N2/c1-3-11-18(4-2)13-15-8-6-5-7-14(15)12-17-16-9-10-16/h3,5-8,16-17H,1,4,9-13H2,2H3. The minimum absolute atomic E-state index is 0.772.